The van der Waals surface area contributed by atoms with Crippen molar-refractivity contribution in [3.05, 3.63) is 64.7 Å². The minimum absolute atomic E-state index is 0.163. The van der Waals surface area contributed by atoms with E-state index in [1.165, 1.54) is 0 Å². The Morgan fingerprint density at radius 1 is 1.08 bits per heavy atom. The number of hydrogen-bond donors (Lipinski definition) is 2. The number of aliphatic carboxylic acids is 1. The van der Waals surface area contributed by atoms with Gasteiger partial charge in [0, 0.05) is 0 Å². The van der Waals surface area contributed by atoms with Gasteiger partial charge in [0.05, 0.1) is 17.4 Å². The van der Waals surface area contributed by atoms with Gasteiger partial charge in [-0.05, 0) is 38.0 Å². The molecule has 0 bridgehead atoms. The molecule has 0 aromatic heterocycles. The van der Waals surface area contributed by atoms with Crippen LogP contribution in [0.2, 0.25) is 0 Å². The van der Waals surface area contributed by atoms with E-state index in [0.717, 1.165) is 11.1 Å². The zero-order valence-corrected chi connectivity index (χ0v) is 14.7. The molecule has 1 unspecified atom stereocenters. The number of rotatable bonds is 6. The van der Waals surface area contributed by atoms with Crippen LogP contribution in [-0.4, -0.2) is 19.5 Å². The summed E-state index contributed by atoms with van der Waals surface area (Å²) in [6.07, 6.45) is -0.326. The van der Waals surface area contributed by atoms with Crippen LogP contribution in [0.25, 0.3) is 0 Å². The lowest BCUT2D eigenvalue weighted by Gasteiger charge is -2.19. The molecule has 0 heterocycles. The summed E-state index contributed by atoms with van der Waals surface area (Å²) in [6, 6.07) is 11.4. The Balaban J connectivity index is 2.39. The average molecular weight is 347 g/mol. The van der Waals surface area contributed by atoms with E-state index in [2.05, 4.69) is 4.72 Å². The molecule has 0 saturated heterocycles. The van der Waals surface area contributed by atoms with Gasteiger partial charge in [-0.2, -0.15) is 0 Å². The normalized spacial score (nSPS) is 12.8. The van der Waals surface area contributed by atoms with Gasteiger partial charge in [-0.1, -0.05) is 47.5 Å². The Hall–Kier alpha value is -2.18. The van der Waals surface area contributed by atoms with Gasteiger partial charge in [0.25, 0.3) is 0 Å². The molecule has 0 radical (unpaired) electrons. The Kier molecular flexibility index (Phi) is 5.41. The molecule has 5 nitrogen and oxygen atoms in total. The highest BCUT2D eigenvalue weighted by Gasteiger charge is 2.24. The van der Waals surface area contributed by atoms with Gasteiger partial charge < -0.3 is 5.11 Å². The van der Waals surface area contributed by atoms with Crippen molar-refractivity contribution < 1.29 is 18.3 Å². The minimum Gasteiger partial charge on any atom is -0.481 e. The monoisotopic (exact) mass is 347 g/mol. The zero-order chi connectivity index (χ0) is 17.9. The van der Waals surface area contributed by atoms with Gasteiger partial charge in [0.15, 0.2) is 0 Å². The fourth-order valence-corrected chi connectivity index (χ4v) is 4.09. The number of carboxylic acids is 1. The molecule has 24 heavy (non-hydrogen) atoms. The molecule has 0 aliphatic carbocycles. The highest BCUT2D eigenvalue weighted by Crippen LogP contribution is 2.23. The SMILES string of the molecule is Cc1cccc(C(CC(=O)O)NS(=O)(=O)c2ccc(C)cc2C)c1. The lowest BCUT2D eigenvalue weighted by molar-refractivity contribution is -0.137. The average Bonchev–Trinajstić information content (AvgIpc) is 2.45. The van der Waals surface area contributed by atoms with Gasteiger partial charge in [0.2, 0.25) is 10.0 Å². The van der Waals surface area contributed by atoms with E-state index in [4.69, 9.17) is 5.11 Å². The maximum atomic E-state index is 12.7. The topological polar surface area (TPSA) is 83.5 Å². The number of carboxylic acid groups (broad SMARTS) is 1. The molecule has 6 heteroatoms. The van der Waals surface area contributed by atoms with E-state index in [1.54, 1.807) is 43.3 Å². The summed E-state index contributed by atoms with van der Waals surface area (Å²) in [4.78, 5) is 11.3. The quantitative estimate of drug-likeness (QED) is 0.841. The molecule has 0 spiro atoms. The summed E-state index contributed by atoms with van der Waals surface area (Å²) in [5, 5.41) is 9.14. The van der Waals surface area contributed by atoms with Crippen LogP contribution in [0.5, 0.6) is 0 Å². The van der Waals surface area contributed by atoms with Crippen molar-refractivity contribution in [1.82, 2.24) is 4.72 Å². The molecule has 2 N–H and O–H groups in total. The lowest BCUT2D eigenvalue weighted by atomic mass is 10.0. The molecule has 1 atom stereocenters. The first-order valence-corrected chi connectivity index (χ1v) is 9.05. The van der Waals surface area contributed by atoms with Crippen molar-refractivity contribution in [2.75, 3.05) is 0 Å². The van der Waals surface area contributed by atoms with E-state index in [0.29, 0.717) is 11.1 Å². The number of aryl methyl sites for hydroxylation is 3. The van der Waals surface area contributed by atoms with Crippen LogP contribution in [-0.2, 0) is 14.8 Å². The van der Waals surface area contributed by atoms with Crippen molar-refractivity contribution in [1.29, 1.82) is 0 Å². The number of carbonyl (C=O) groups is 1. The summed E-state index contributed by atoms with van der Waals surface area (Å²) in [7, 11) is -3.83. The molecular weight excluding hydrogens is 326 g/mol. The number of sulfonamides is 1. The maximum Gasteiger partial charge on any atom is 0.305 e. The second-order valence-corrected chi connectivity index (χ2v) is 7.64. The van der Waals surface area contributed by atoms with Gasteiger partial charge in [-0.15, -0.1) is 0 Å². The molecule has 0 fully saturated rings. The summed E-state index contributed by atoms with van der Waals surface area (Å²) in [6.45, 7) is 5.48. The number of nitrogens with one attached hydrogen (secondary N) is 1. The molecule has 2 rings (SSSR count). The minimum atomic E-state index is -3.83. The standard InChI is InChI=1S/C18H21NO4S/c1-12-5-4-6-15(10-12)16(11-18(20)21)19-24(22,23)17-8-7-13(2)9-14(17)3/h4-10,16,19H,11H2,1-3H3,(H,20,21). The Bertz CT molecular complexity index is 859. The lowest BCUT2D eigenvalue weighted by Crippen LogP contribution is -2.30. The van der Waals surface area contributed by atoms with E-state index in [-0.39, 0.29) is 11.3 Å². The largest absolute Gasteiger partial charge is 0.481 e. The molecule has 0 saturated carbocycles. The number of hydrogen-bond acceptors (Lipinski definition) is 3. The van der Waals surface area contributed by atoms with Crippen LogP contribution < -0.4 is 4.72 Å². The zero-order valence-electron chi connectivity index (χ0n) is 13.9. The third kappa shape index (κ3) is 4.43. The van der Waals surface area contributed by atoms with Gasteiger partial charge in [0.1, 0.15) is 0 Å². The molecule has 128 valence electrons. The first-order chi connectivity index (χ1) is 11.2. The van der Waals surface area contributed by atoms with Crippen LogP contribution in [0.1, 0.15) is 34.7 Å². The van der Waals surface area contributed by atoms with Crippen molar-refractivity contribution in [3.63, 3.8) is 0 Å². The van der Waals surface area contributed by atoms with Crippen molar-refractivity contribution in [2.45, 2.75) is 38.1 Å². The molecular formula is C18H21NO4S. The van der Waals surface area contributed by atoms with Crippen molar-refractivity contribution >= 4 is 16.0 Å². The molecule has 0 amide bonds. The Morgan fingerprint density at radius 2 is 1.75 bits per heavy atom. The van der Waals surface area contributed by atoms with Gasteiger partial charge >= 0.3 is 5.97 Å². The molecule has 2 aromatic carbocycles. The van der Waals surface area contributed by atoms with Crippen molar-refractivity contribution in [3.8, 4) is 0 Å². The summed E-state index contributed by atoms with van der Waals surface area (Å²) >= 11 is 0. The Labute approximate surface area is 142 Å². The van der Waals surface area contributed by atoms with Crippen LogP contribution in [0.3, 0.4) is 0 Å². The Morgan fingerprint density at radius 3 is 2.33 bits per heavy atom. The summed E-state index contributed by atoms with van der Waals surface area (Å²) in [5.41, 5.74) is 3.16. The smallest absolute Gasteiger partial charge is 0.305 e. The van der Waals surface area contributed by atoms with Gasteiger partial charge in [-0.3, -0.25) is 4.79 Å². The second-order valence-electron chi connectivity index (χ2n) is 5.95. The predicted octanol–water partition coefficient (Wildman–Crippen LogP) is 3.11. The number of benzene rings is 2. The van der Waals surface area contributed by atoms with Crippen molar-refractivity contribution in [2.24, 2.45) is 0 Å². The predicted molar refractivity (Wildman–Crippen MR) is 92.4 cm³/mol. The molecule has 2 aromatic rings. The van der Waals surface area contributed by atoms with Crippen LogP contribution in [0, 0.1) is 20.8 Å². The first kappa shape index (κ1) is 18.2. The molecule has 0 aliphatic heterocycles. The highest BCUT2D eigenvalue weighted by atomic mass is 32.2. The van der Waals surface area contributed by atoms with E-state index in [1.807, 2.05) is 19.9 Å². The fourth-order valence-electron chi connectivity index (χ4n) is 2.64. The van der Waals surface area contributed by atoms with E-state index >= 15 is 0 Å². The highest BCUT2D eigenvalue weighted by molar-refractivity contribution is 7.89. The van der Waals surface area contributed by atoms with Crippen LogP contribution >= 0.6 is 0 Å². The van der Waals surface area contributed by atoms with Gasteiger partial charge in [-0.25, -0.2) is 13.1 Å². The van der Waals surface area contributed by atoms with Crippen LogP contribution in [0.4, 0.5) is 0 Å². The first-order valence-electron chi connectivity index (χ1n) is 7.57. The van der Waals surface area contributed by atoms with E-state index in [9.17, 15) is 13.2 Å². The van der Waals surface area contributed by atoms with E-state index < -0.39 is 22.0 Å². The third-order valence-corrected chi connectivity index (χ3v) is 5.37. The third-order valence-electron chi connectivity index (χ3n) is 3.74. The summed E-state index contributed by atoms with van der Waals surface area (Å²) in [5.74, 6) is -1.06. The van der Waals surface area contributed by atoms with Crippen LogP contribution in [0.15, 0.2) is 47.4 Å². The fraction of sp³-hybridized carbons (Fsp3) is 0.278. The second kappa shape index (κ2) is 7.15. The maximum absolute atomic E-state index is 12.7. The summed E-state index contributed by atoms with van der Waals surface area (Å²) < 4.78 is 28.0. The molecule has 0 aliphatic rings.